The molecule has 5 rings (SSSR count). The average molecular weight is 341 g/mol. The van der Waals surface area contributed by atoms with Crippen LogP contribution in [0.1, 0.15) is 23.5 Å². The number of rotatable bonds is 1. The molecular formula is C16H15N5O2S. The van der Waals surface area contributed by atoms with Crippen molar-refractivity contribution in [3.8, 4) is 16.2 Å². The Morgan fingerprint density at radius 3 is 3.12 bits per heavy atom. The van der Waals surface area contributed by atoms with Gasteiger partial charge in [-0.1, -0.05) is 0 Å². The van der Waals surface area contributed by atoms with E-state index in [0.717, 1.165) is 39.5 Å². The summed E-state index contributed by atoms with van der Waals surface area (Å²) in [7, 11) is 0. The molecule has 8 heteroatoms. The van der Waals surface area contributed by atoms with E-state index in [1.165, 1.54) is 11.3 Å². The van der Waals surface area contributed by atoms with Crippen molar-refractivity contribution >= 4 is 34.0 Å². The average Bonchev–Trinajstić information content (AvgIpc) is 3.17. The molecule has 0 fully saturated rings. The third kappa shape index (κ3) is 1.68. The van der Waals surface area contributed by atoms with Crippen LogP contribution in [0, 0.1) is 0 Å². The highest BCUT2D eigenvalue weighted by Gasteiger charge is 2.43. The summed E-state index contributed by atoms with van der Waals surface area (Å²) >= 11 is 1.46. The van der Waals surface area contributed by atoms with Crippen LogP contribution in [0.15, 0.2) is 18.5 Å². The quantitative estimate of drug-likeness (QED) is 0.710. The molecule has 0 radical (unpaired) electrons. The van der Waals surface area contributed by atoms with Gasteiger partial charge in [-0.15, -0.1) is 11.3 Å². The van der Waals surface area contributed by atoms with Gasteiger partial charge >= 0.3 is 0 Å². The molecule has 0 spiro atoms. The van der Waals surface area contributed by atoms with Gasteiger partial charge in [0.2, 0.25) is 0 Å². The Labute approximate surface area is 141 Å². The second kappa shape index (κ2) is 4.47. The van der Waals surface area contributed by atoms with E-state index in [9.17, 15) is 4.79 Å². The lowest BCUT2D eigenvalue weighted by atomic mass is 10.0. The topological polar surface area (TPSA) is 83.1 Å². The van der Waals surface area contributed by atoms with E-state index in [4.69, 9.17) is 4.74 Å². The number of amides is 1. The number of hydrogen-bond donors (Lipinski definition) is 2. The molecule has 1 amide bonds. The van der Waals surface area contributed by atoms with Gasteiger partial charge in [0.1, 0.15) is 22.8 Å². The molecule has 0 saturated heterocycles. The predicted octanol–water partition coefficient (Wildman–Crippen LogP) is 2.36. The maximum atomic E-state index is 12.6. The van der Waals surface area contributed by atoms with Gasteiger partial charge in [0, 0.05) is 17.1 Å². The molecule has 3 aromatic heterocycles. The monoisotopic (exact) mass is 341 g/mol. The number of carbonyl (C=O) groups is 1. The van der Waals surface area contributed by atoms with Gasteiger partial charge < -0.3 is 15.0 Å². The smallest absolute Gasteiger partial charge is 0.265 e. The van der Waals surface area contributed by atoms with Crippen LogP contribution in [0.25, 0.3) is 21.5 Å². The standard InChI is InChI=1S/C16H15N5O2S/c1-16(2)19-15(22)13-10-11(23-6-5-21(10)16)12(24-13)8-3-4-17-14-9(8)7-18-20-14/h3-4,7H,5-6H2,1-2H3,(H,19,22)(H,17,18,20). The Morgan fingerprint density at radius 1 is 1.38 bits per heavy atom. The molecule has 0 aromatic carbocycles. The molecule has 122 valence electrons. The van der Waals surface area contributed by atoms with Crippen molar-refractivity contribution in [3.63, 3.8) is 0 Å². The number of H-pyrrole nitrogens is 1. The lowest BCUT2D eigenvalue weighted by molar-refractivity contribution is 0.0895. The lowest BCUT2D eigenvalue weighted by Gasteiger charge is -2.45. The minimum absolute atomic E-state index is 0.0493. The number of thiophene rings is 1. The molecule has 7 nitrogen and oxygen atoms in total. The van der Waals surface area contributed by atoms with Crippen LogP contribution in [0.5, 0.6) is 5.75 Å². The summed E-state index contributed by atoms with van der Waals surface area (Å²) < 4.78 is 6.00. The summed E-state index contributed by atoms with van der Waals surface area (Å²) in [6, 6.07) is 1.94. The summed E-state index contributed by atoms with van der Waals surface area (Å²) in [6.45, 7) is 5.37. The van der Waals surface area contributed by atoms with Crippen LogP contribution in [-0.4, -0.2) is 39.9 Å². The molecule has 5 heterocycles. The van der Waals surface area contributed by atoms with E-state index in [1.807, 2.05) is 19.9 Å². The summed E-state index contributed by atoms with van der Waals surface area (Å²) in [5, 5.41) is 11.0. The molecule has 0 atom stereocenters. The number of aromatic amines is 1. The van der Waals surface area contributed by atoms with E-state index in [1.54, 1.807) is 12.4 Å². The fourth-order valence-corrected chi connectivity index (χ4v) is 4.66. The van der Waals surface area contributed by atoms with Crippen LogP contribution in [-0.2, 0) is 0 Å². The highest BCUT2D eigenvalue weighted by atomic mass is 32.1. The van der Waals surface area contributed by atoms with E-state index in [-0.39, 0.29) is 5.91 Å². The number of fused-ring (bicyclic) bond motifs is 1. The third-order valence-corrected chi connectivity index (χ3v) is 5.76. The van der Waals surface area contributed by atoms with Crippen molar-refractivity contribution in [2.45, 2.75) is 19.5 Å². The minimum Gasteiger partial charge on any atom is -0.488 e. The number of nitrogens with zero attached hydrogens (tertiary/aromatic N) is 3. The van der Waals surface area contributed by atoms with E-state index >= 15 is 0 Å². The third-order valence-electron chi connectivity index (χ3n) is 4.57. The maximum absolute atomic E-state index is 12.6. The van der Waals surface area contributed by atoms with E-state index in [2.05, 4.69) is 25.4 Å². The number of pyridine rings is 1. The molecule has 2 aliphatic heterocycles. The molecule has 0 aliphatic carbocycles. The van der Waals surface area contributed by atoms with Crippen LogP contribution in [0.4, 0.5) is 5.69 Å². The van der Waals surface area contributed by atoms with Gasteiger partial charge in [0.25, 0.3) is 5.91 Å². The van der Waals surface area contributed by atoms with Crippen molar-refractivity contribution in [3.05, 3.63) is 23.3 Å². The molecule has 0 saturated carbocycles. The lowest BCUT2D eigenvalue weighted by Crippen LogP contribution is -2.61. The number of carbonyl (C=O) groups excluding carboxylic acids is 1. The van der Waals surface area contributed by atoms with E-state index in [0.29, 0.717) is 11.5 Å². The van der Waals surface area contributed by atoms with Gasteiger partial charge in [-0.25, -0.2) is 4.98 Å². The first kappa shape index (κ1) is 13.8. The van der Waals surface area contributed by atoms with Gasteiger partial charge in [0.05, 0.1) is 17.6 Å². The molecule has 3 aromatic rings. The number of anilines is 1. The van der Waals surface area contributed by atoms with Gasteiger partial charge in [-0.2, -0.15) is 5.10 Å². The number of nitrogens with one attached hydrogen (secondary N) is 2. The molecule has 24 heavy (non-hydrogen) atoms. The highest BCUT2D eigenvalue weighted by molar-refractivity contribution is 7.18. The highest BCUT2D eigenvalue weighted by Crippen LogP contribution is 2.53. The summed E-state index contributed by atoms with van der Waals surface area (Å²) in [5.74, 6) is 0.740. The second-order valence-corrected chi connectivity index (χ2v) is 7.46. The molecule has 0 bridgehead atoms. The van der Waals surface area contributed by atoms with Crippen molar-refractivity contribution in [1.29, 1.82) is 0 Å². The van der Waals surface area contributed by atoms with Crippen LogP contribution in [0.3, 0.4) is 0 Å². The first-order valence-electron chi connectivity index (χ1n) is 7.74. The first-order valence-corrected chi connectivity index (χ1v) is 8.56. The summed E-state index contributed by atoms with van der Waals surface area (Å²) in [4.78, 5) is 20.7. The molecule has 2 aliphatic rings. The Kier molecular flexibility index (Phi) is 2.57. The fourth-order valence-electron chi connectivity index (χ4n) is 3.48. The van der Waals surface area contributed by atoms with Crippen LogP contribution >= 0.6 is 11.3 Å². The number of hydrogen-bond acceptors (Lipinski definition) is 6. The Balaban J connectivity index is 1.80. The van der Waals surface area contributed by atoms with Crippen molar-refractivity contribution in [2.75, 3.05) is 18.1 Å². The zero-order valence-corrected chi connectivity index (χ0v) is 14.0. The Hall–Kier alpha value is -2.61. The van der Waals surface area contributed by atoms with Crippen LogP contribution < -0.4 is 15.0 Å². The zero-order valence-electron chi connectivity index (χ0n) is 13.2. The number of ether oxygens (including phenoxy) is 1. The van der Waals surface area contributed by atoms with Crippen molar-refractivity contribution < 1.29 is 9.53 Å². The maximum Gasteiger partial charge on any atom is 0.265 e. The minimum atomic E-state index is -0.426. The zero-order chi connectivity index (χ0) is 16.5. The molecule has 0 unspecified atom stereocenters. The van der Waals surface area contributed by atoms with Crippen LogP contribution in [0.2, 0.25) is 0 Å². The number of aromatic nitrogens is 3. The van der Waals surface area contributed by atoms with Gasteiger partial charge in [-0.05, 0) is 19.9 Å². The van der Waals surface area contributed by atoms with Crippen molar-refractivity contribution in [2.24, 2.45) is 0 Å². The molecular weight excluding hydrogens is 326 g/mol. The Bertz CT molecular complexity index is 990. The second-order valence-electron chi connectivity index (χ2n) is 6.44. The van der Waals surface area contributed by atoms with E-state index < -0.39 is 5.66 Å². The summed E-state index contributed by atoms with van der Waals surface area (Å²) in [6.07, 6.45) is 3.50. The SMILES string of the molecule is CC1(C)NC(=O)c2sc(-c3ccnc4[nH]ncc34)c3c2N1CCO3. The fraction of sp³-hybridized carbons (Fsp3) is 0.312. The largest absolute Gasteiger partial charge is 0.488 e. The Morgan fingerprint density at radius 2 is 2.25 bits per heavy atom. The normalized spacial score (nSPS) is 18.2. The van der Waals surface area contributed by atoms with Gasteiger partial charge in [0.15, 0.2) is 11.4 Å². The first-order chi connectivity index (χ1) is 11.6. The summed E-state index contributed by atoms with van der Waals surface area (Å²) in [5.41, 5.74) is 2.19. The predicted molar refractivity (Wildman–Crippen MR) is 91.6 cm³/mol. The van der Waals surface area contributed by atoms with Crippen molar-refractivity contribution in [1.82, 2.24) is 20.5 Å². The molecule has 2 N–H and O–H groups in total. The van der Waals surface area contributed by atoms with Gasteiger partial charge in [-0.3, -0.25) is 9.89 Å².